The molecular weight excluding hydrogens is 255 g/mol. The molecule has 0 amide bonds. The summed E-state index contributed by atoms with van der Waals surface area (Å²) < 4.78 is 19.0. The molecule has 0 saturated heterocycles. The molecule has 0 aliphatic rings. The quantitative estimate of drug-likeness (QED) is 0.919. The summed E-state index contributed by atoms with van der Waals surface area (Å²) in [4.78, 5) is 4.46. The van der Waals surface area contributed by atoms with Gasteiger partial charge in [0.25, 0.3) is 0 Å². The SMILES string of the molecule is Cc1cc(Oc2cc(CN)cc(C(C)C)n2)ccc1F. The van der Waals surface area contributed by atoms with Gasteiger partial charge in [0, 0.05) is 18.3 Å². The Morgan fingerprint density at radius 2 is 2.00 bits per heavy atom. The zero-order valence-corrected chi connectivity index (χ0v) is 12.0. The first kappa shape index (κ1) is 14.5. The molecule has 106 valence electrons. The molecule has 0 radical (unpaired) electrons. The summed E-state index contributed by atoms with van der Waals surface area (Å²) in [5.41, 5.74) is 8.14. The van der Waals surface area contributed by atoms with Gasteiger partial charge in [0.05, 0.1) is 0 Å². The molecular formula is C16H19FN2O. The Hall–Kier alpha value is -1.94. The van der Waals surface area contributed by atoms with Crippen LogP contribution in [-0.4, -0.2) is 4.98 Å². The fraction of sp³-hybridized carbons (Fsp3) is 0.312. The van der Waals surface area contributed by atoms with Crippen LogP contribution in [0.3, 0.4) is 0 Å². The molecule has 1 aromatic heterocycles. The Morgan fingerprint density at radius 3 is 2.60 bits per heavy atom. The van der Waals surface area contributed by atoms with E-state index in [9.17, 15) is 4.39 Å². The molecule has 2 rings (SSSR count). The van der Waals surface area contributed by atoms with Gasteiger partial charge in [0.15, 0.2) is 0 Å². The van der Waals surface area contributed by atoms with Crippen molar-refractivity contribution in [2.45, 2.75) is 33.2 Å². The first-order chi connectivity index (χ1) is 9.49. The normalized spacial score (nSPS) is 10.9. The number of benzene rings is 1. The molecule has 1 aromatic carbocycles. The minimum Gasteiger partial charge on any atom is -0.439 e. The maximum Gasteiger partial charge on any atom is 0.219 e. The van der Waals surface area contributed by atoms with E-state index in [1.807, 2.05) is 12.1 Å². The lowest BCUT2D eigenvalue weighted by atomic mass is 10.1. The molecule has 0 spiro atoms. The minimum atomic E-state index is -0.246. The Balaban J connectivity index is 2.32. The summed E-state index contributed by atoms with van der Waals surface area (Å²) in [6, 6.07) is 8.42. The van der Waals surface area contributed by atoms with Crippen LogP contribution in [0.15, 0.2) is 30.3 Å². The fourth-order valence-corrected chi connectivity index (χ4v) is 1.85. The van der Waals surface area contributed by atoms with E-state index in [-0.39, 0.29) is 5.82 Å². The third kappa shape index (κ3) is 3.33. The van der Waals surface area contributed by atoms with Crippen molar-refractivity contribution in [2.24, 2.45) is 5.73 Å². The van der Waals surface area contributed by atoms with Gasteiger partial charge in [-0.2, -0.15) is 0 Å². The largest absolute Gasteiger partial charge is 0.439 e. The zero-order valence-electron chi connectivity index (χ0n) is 12.0. The van der Waals surface area contributed by atoms with Crippen LogP contribution in [0, 0.1) is 12.7 Å². The lowest BCUT2D eigenvalue weighted by Crippen LogP contribution is -2.02. The van der Waals surface area contributed by atoms with E-state index in [0.717, 1.165) is 11.3 Å². The Labute approximate surface area is 118 Å². The van der Waals surface area contributed by atoms with Crippen LogP contribution in [0.1, 0.15) is 36.6 Å². The highest BCUT2D eigenvalue weighted by atomic mass is 19.1. The first-order valence-electron chi connectivity index (χ1n) is 6.64. The second-order valence-electron chi connectivity index (χ2n) is 5.11. The van der Waals surface area contributed by atoms with Gasteiger partial charge in [-0.05, 0) is 48.2 Å². The molecule has 0 unspecified atom stereocenters. The minimum absolute atomic E-state index is 0.246. The number of nitrogens with two attached hydrogens (primary N) is 1. The molecule has 20 heavy (non-hydrogen) atoms. The van der Waals surface area contributed by atoms with Crippen molar-refractivity contribution in [3.05, 3.63) is 53.0 Å². The van der Waals surface area contributed by atoms with Crippen LogP contribution in [-0.2, 0) is 6.54 Å². The molecule has 0 aliphatic carbocycles. The highest BCUT2D eigenvalue weighted by Crippen LogP contribution is 2.25. The number of nitrogens with zero attached hydrogens (tertiary/aromatic N) is 1. The highest BCUT2D eigenvalue weighted by molar-refractivity contribution is 5.34. The summed E-state index contributed by atoms with van der Waals surface area (Å²) in [6.45, 7) is 6.26. The van der Waals surface area contributed by atoms with Gasteiger partial charge in [-0.3, -0.25) is 0 Å². The van der Waals surface area contributed by atoms with E-state index in [0.29, 0.717) is 29.7 Å². The average Bonchev–Trinajstić information content (AvgIpc) is 2.42. The van der Waals surface area contributed by atoms with E-state index in [2.05, 4.69) is 18.8 Å². The second kappa shape index (κ2) is 6.01. The van der Waals surface area contributed by atoms with Gasteiger partial charge < -0.3 is 10.5 Å². The van der Waals surface area contributed by atoms with E-state index in [1.54, 1.807) is 19.1 Å². The monoisotopic (exact) mass is 274 g/mol. The van der Waals surface area contributed by atoms with Crippen molar-refractivity contribution in [3.63, 3.8) is 0 Å². The molecule has 0 saturated carbocycles. The molecule has 0 atom stereocenters. The summed E-state index contributed by atoms with van der Waals surface area (Å²) in [5, 5.41) is 0. The summed E-state index contributed by atoms with van der Waals surface area (Å²) in [5.74, 6) is 1.10. The molecule has 2 N–H and O–H groups in total. The van der Waals surface area contributed by atoms with E-state index in [1.165, 1.54) is 6.07 Å². The van der Waals surface area contributed by atoms with Crippen LogP contribution in [0.2, 0.25) is 0 Å². The van der Waals surface area contributed by atoms with Crippen molar-refractivity contribution in [1.29, 1.82) is 0 Å². The zero-order chi connectivity index (χ0) is 14.7. The summed E-state index contributed by atoms with van der Waals surface area (Å²) in [6.07, 6.45) is 0. The van der Waals surface area contributed by atoms with Gasteiger partial charge >= 0.3 is 0 Å². The van der Waals surface area contributed by atoms with E-state index >= 15 is 0 Å². The van der Waals surface area contributed by atoms with E-state index in [4.69, 9.17) is 10.5 Å². The predicted octanol–water partition coefficient (Wildman–Crippen LogP) is 3.90. The van der Waals surface area contributed by atoms with Crippen LogP contribution >= 0.6 is 0 Å². The first-order valence-corrected chi connectivity index (χ1v) is 6.64. The summed E-state index contributed by atoms with van der Waals surface area (Å²) >= 11 is 0. The van der Waals surface area contributed by atoms with Crippen molar-refractivity contribution < 1.29 is 9.13 Å². The number of ether oxygens (including phenoxy) is 1. The van der Waals surface area contributed by atoms with E-state index < -0.39 is 0 Å². The van der Waals surface area contributed by atoms with Crippen molar-refractivity contribution in [2.75, 3.05) is 0 Å². The maximum absolute atomic E-state index is 13.2. The highest BCUT2D eigenvalue weighted by Gasteiger charge is 2.08. The molecule has 3 nitrogen and oxygen atoms in total. The van der Waals surface area contributed by atoms with Crippen molar-refractivity contribution in [1.82, 2.24) is 4.98 Å². The summed E-state index contributed by atoms with van der Waals surface area (Å²) in [7, 11) is 0. The molecule has 0 bridgehead atoms. The number of rotatable bonds is 4. The predicted molar refractivity (Wildman–Crippen MR) is 77.4 cm³/mol. The van der Waals surface area contributed by atoms with Gasteiger partial charge in [-0.1, -0.05) is 13.8 Å². The molecule has 4 heteroatoms. The smallest absolute Gasteiger partial charge is 0.219 e. The Kier molecular flexibility index (Phi) is 4.35. The number of hydrogen-bond acceptors (Lipinski definition) is 3. The van der Waals surface area contributed by atoms with Gasteiger partial charge in [-0.15, -0.1) is 0 Å². The van der Waals surface area contributed by atoms with Crippen LogP contribution in [0.4, 0.5) is 4.39 Å². The van der Waals surface area contributed by atoms with Crippen LogP contribution in [0.25, 0.3) is 0 Å². The van der Waals surface area contributed by atoms with Crippen molar-refractivity contribution in [3.8, 4) is 11.6 Å². The van der Waals surface area contributed by atoms with Gasteiger partial charge in [0.2, 0.25) is 5.88 Å². The third-order valence-electron chi connectivity index (χ3n) is 3.06. The number of aromatic nitrogens is 1. The lowest BCUT2D eigenvalue weighted by Gasteiger charge is -2.11. The maximum atomic E-state index is 13.2. The molecule has 1 heterocycles. The molecule has 0 fully saturated rings. The Bertz CT molecular complexity index is 611. The topological polar surface area (TPSA) is 48.1 Å². The van der Waals surface area contributed by atoms with Crippen LogP contribution < -0.4 is 10.5 Å². The number of aryl methyl sites for hydroxylation is 1. The van der Waals surface area contributed by atoms with Crippen molar-refractivity contribution >= 4 is 0 Å². The molecule has 0 aliphatic heterocycles. The van der Waals surface area contributed by atoms with Crippen LogP contribution in [0.5, 0.6) is 11.6 Å². The Morgan fingerprint density at radius 1 is 1.25 bits per heavy atom. The van der Waals surface area contributed by atoms with Gasteiger partial charge in [-0.25, -0.2) is 9.37 Å². The lowest BCUT2D eigenvalue weighted by molar-refractivity contribution is 0.456. The number of pyridine rings is 1. The number of halogens is 1. The standard InChI is InChI=1S/C16H19FN2O/c1-10(2)15-7-12(9-18)8-16(19-15)20-13-4-5-14(17)11(3)6-13/h4-8,10H,9,18H2,1-3H3. The molecule has 2 aromatic rings. The third-order valence-corrected chi connectivity index (χ3v) is 3.06. The average molecular weight is 274 g/mol. The second-order valence-corrected chi connectivity index (χ2v) is 5.11. The number of hydrogen-bond donors (Lipinski definition) is 1. The van der Waals surface area contributed by atoms with Gasteiger partial charge in [0.1, 0.15) is 11.6 Å². The fourth-order valence-electron chi connectivity index (χ4n) is 1.85.